The fourth-order valence-electron chi connectivity index (χ4n) is 2.98. The van der Waals surface area contributed by atoms with E-state index in [9.17, 15) is 9.59 Å². The minimum absolute atomic E-state index is 0.114. The number of hydrogen-bond donors (Lipinski definition) is 1. The fraction of sp³-hybridized carbons (Fsp3) is 0.417. The minimum Gasteiger partial charge on any atom is -0.484 e. The van der Waals surface area contributed by atoms with E-state index in [2.05, 4.69) is 5.32 Å². The van der Waals surface area contributed by atoms with E-state index in [1.54, 1.807) is 11.8 Å². The number of hydrogen-bond acceptors (Lipinski definition) is 3. The van der Waals surface area contributed by atoms with Crippen LogP contribution < -0.4 is 10.1 Å². The summed E-state index contributed by atoms with van der Waals surface area (Å²) in [6.45, 7) is 10.6. The van der Waals surface area contributed by atoms with Crippen molar-refractivity contribution in [3.8, 4) is 5.75 Å². The predicted octanol–water partition coefficient (Wildman–Crippen LogP) is 3.87. The first-order valence-corrected chi connectivity index (χ1v) is 10.1. The van der Waals surface area contributed by atoms with E-state index in [1.807, 2.05) is 76.2 Å². The number of nitrogens with one attached hydrogen (secondary N) is 1. The molecule has 2 aromatic rings. The van der Waals surface area contributed by atoms with Crippen LogP contribution >= 0.6 is 0 Å². The topological polar surface area (TPSA) is 58.6 Å². The molecule has 0 saturated carbocycles. The Morgan fingerprint density at radius 1 is 1.00 bits per heavy atom. The molecule has 0 fully saturated rings. The molecule has 0 spiro atoms. The second-order valence-corrected chi connectivity index (χ2v) is 7.93. The van der Waals surface area contributed by atoms with E-state index < -0.39 is 6.04 Å². The maximum Gasteiger partial charge on any atom is 0.261 e. The molecule has 0 aromatic heterocycles. The van der Waals surface area contributed by atoms with E-state index in [-0.39, 0.29) is 18.4 Å². The van der Waals surface area contributed by atoms with Gasteiger partial charge in [-0.3, -0.25) is 9.59 Å². The van der Waals surface area contributed by atoms with Gasteiger partial charge in [0.05, 0.1) is 0 Å². The lowest BCUT2D eigenvalue weighted by molar-refractivity contribution is -0.142. The Morgan fingerprint density at radius 2 is 1.66 bits per heavy atom. The maximum absolute atomic E-state index is 13.0. The highest BCUT2D eigenvalue weighted by atomic mass is 16.5. The van der Waals surface area contributed by atoms with Gasteiger partial charge in [0.25, 0.3) is 5.91 Å². The summed E-state index contributed by atoms with van der Waals surface area (Å²) in [5, 5.41) is 2.92. The lowest BCUT2D eigenvalue weighted by Gasteiger charge is -2.29. The second-order valence-electron chi connectivity index (χ2n) is 7.93. The summed E-state index contributed by atoms with van der Waals surface area (Å²) < 4.78 is 5.70. The van der Waals surface area contributed by atoms with Gasteiger partial charge in [0.15, 0.2) is 6.61 Å². The quantitative estimate of drug-likeness (QED) is 0.700. The van der Waals surface area contributed by atoms with Crippen LogP contribution in [0.4, 0.5) is 0 Å². The fourth-order valence-corrected chi connectivity index (χ4v) is 2.98. The van der Waals surface area contributed by atoms with E-state index >= 15 is 0 Å². The first kappa shape index (κ1) is 22.5. The number of ether oxygens (including phenoxy) is 1. The number of carbonyl (C=O) groups is 2. The van der Waals surface area contributed by atoms with Crippen LogP contribution in [0.1, 0.15) is 37.5 Å². The van der Waals surface area contributed by atoms with Gasteiger partial charge in [0.1, 0.15) is 11.8 Å². The summed E-state index contributed by atoms with van der Waals surface area (Å²) in [6, 6.07) is 14.9. The maximum atomic E-state index is 13.0. The van der Waals surface area contributed by atoms with Gasteiger partial charge in [-0.1, -0.05) is 55.8 Å². The zero-order valence-corrected chi connectivity index (χ0v) is 18.1. The Morgan fingerprint density at radius 3 is 2.28 bits per heavy atom. The van der Waals surface area contributed by atoms with Crippen molar-refractivity contribution in [1.82, 2.24) is 10.2 Å². The number of nitrogens with zero attached hydrogens (tertiary/aromatic N) is 1. The van der Waals surface area contributed by atoms with Gasteiger partial charge in [-0.05, 0) is 49.9 Å². The Bertz CT molecular complexity index is 832. The zero-order valence-electron chi connectivity index (χ0n) is 18.1. The van der Waals surface area contributed by atoms with Crippen molar-refractivity contribution in [2.75, 3.05) is 13.2 Å². The highest BCUT2D eigenvalue weighted by molar-refractivity contribution is 5.87. The largest absolute Gasteiger partial charge is 0.484 e. The van der Waals surface area contributed by atoms with Crippen LogP contribution in [0.15, 0.2) is 48.5 Å². The van der Waals surface area contributed by atoms with Crippen molar-refractivity contribution in [1.29, 1.82) is 0 Å². The van der Waals surface area contributed by atoms with E-state index in [1.165, 1.54) is 0 Å². The summed E-state index contributed by atoms with van der Waals surface area (Å²) in [5.41, 5.74) is 3.16. The van der Waals surface area contributed by atoms with Gasteiger partial charge >= 0.3 is 0 Å². The molecular weight excluding hydrogens is 364 g/mol. The molecule has 5 heteroatoms. The predicted molar refractivity (Wildman–Crippen MR) is 116 cm³/mol. The van der Waals surface area contributed by atoms with Crippen LogP contribution in [-0.4, -0.2) is 35.9 Å². The van der Waals surface area contributed by atoms with Gasteiger partial charge in [-0.2, -0.15) is 0 Å². The molecule has 0 saturated heterocycles. The first-order valence-electron chi connectivity index (χ1n) is 10.1. The molecule has 2 amide bonds. The third kappa shape index (κ3) is 7.26. The normalized spacial score (nSPS) is 11.8. The van der Waals surface area contributed by atoms with Gasteiger partial charge in [0, 0.05) is 13.1 Å². The van der Waals surface area contributed by atoms with Crippen molar-refractivity contribution < 1.29 is 14.3 Å². The monoisotopic (exact) mass is 396 g/mol. The van der Waals surface area contributed by atoms with E-state index in [4.69, 9.17) is 4.74 Å². The molecule has 0 radical (unpaired) electrons. The van der Waals surface area contributed by atoms with Gasteiger partial charge in [0.2, 0.25) is 5.91 Å². The van der Waals surface area contributed by atoms with Crippen LogP contribution in [0.3, 0.4) is 0 Å². The standard InChI is InChI=1S/C24H32N2O3/c1-17(2)14-25-24(28)20(5)26(15-21-10-6-8-18(3)12-21)23(27)16-29-22-11-7-9-19(4)13-22/h6-13,17,20H,14-16H2,1-5H3,(H,25,28). The lowest BCUT2D eigenvalue weighted by Crippen LogP contribution is -2.49. The van der Waals surface area contributed by atoms with E-state index in [0.717, 1.165) is 16.7 Å². The molecule has 1 atom stereocenters. The van der Waals surface area contributed by atoms with Crippen molar-refractivity contribution in [3.63, 3.8) is 0 Å². The van der Waals surface area contributed by atoms with Gasteiger partial charge in [-0.25, -0.2) is 0 Å². The minimum atomic E-state index is -0.595. The molecule has 2 rings (SSSR count). The van der Waals surface area contributed by atoms with Crippen molar-refractivity contribution in [2.24, 2.45) is 5.92 Å². The molecule has 156 valence electrons. The van der Waals surface area contributed by atoms with Crippen LogP contribution in [0, 0.1) is 19.8 Å². The summed E-state index contributed by atoms with van der Waals surface area (Å²) in [7, 11) is 0. The molecule has 2 aromatic carbocycles. The molecule has 0 aliphatic rings. The summed E-state index contributed by atoms with van der Waals surface area (Å²) in [6.07, 6.45) is 0. The summed E-state index contributed by atoms with van der Waals surface area (Å²) in [4.78, 5) is 27.2. The third-order valence-electron chi connectivity index (χ3n) is 4.64. The third-order valence-corrected chi connectivity index (χ3v) is 4.64. The molecule has 1 unspecified atom stereocenters. The average molecular weight is 397 g/mol. The number of aryl methyl sites for hydroxylation is 2. The van der Waals surface area contributed by atoms with Crippen LogP contribution in [0.2, 0.25) is 0 Å². The molecule has 0 heterocycles. The Balaban J connectivity index is 2.13. The Kier molecular flexibility index (Phi) is 8.25. The molecule has 0 bridgehead atoms. The SMILES string of the molecule is Cc1cccc(CN(C(=O)COc2cccc(C)c2)C(C)C(=O)NCC(C)C)c1. The molecule has 0 aliphatic heterocycles. The average Bonchev–Trinajstić information content (AvgIpc) is 2.68. The van der Waals surface area contributed by atoms with Crippen molar-refractivity contribution in [3.05, 3.63) is 65.2 Å². The second kappa shape index (κ2) is 10.6. The highest BCUT2D eigenvalue weighted by Crippen LogP contribution is 2.15. The van der Waals surface area contributed by atoms with Crippen LogP contribution in [0.25, 0.3) is 0 Å². The Hall–Kier alpha value is -2.82. The molecule has 5 nitrogen and oxygen atoms in total. The summed E-state index contributed by atoms with van der Waals surface area (Å²) >= 11 is 0. The van der Waals surface area contributed by atoms with Gasteiger partial charge < -0.3 is 15.0 Å². The first-order chi connectivity index (χ1) is 13.8. The number of amides is 2. The molecule has 29 heavy (non-hydrogen) atoms. The van der Waals surface area contributed by atoms with Gasteiger partial charge in [-0.15, -0.1) is 0 Å². The van der Waals surface area contributed by atoms with Crippen molar-refractivity contribution >= 4 is 11.8 Å². The smallest absolute Gasteiger partial charge is 0.261 e. The molecular formula is C24H32N2O3. The Labute approximate surface area is 174 Å². The van der Waals surface area contributed by atoms with E-state index in [0.29, 0.717) is 24.8 Å². The van der Waals surface area contributed by atoms with Crippen LogP contribution in [0.5, 0.6) is 5.75 Å². The molecule has 1 N–H and O–H groups in total. The summed E-state index contributed by atoms with van der Waals surface area (Å²) in [5.74, 6) is 0.609. The number of carbonyl (C=O) groups excluding carboxylic acids is 2. The highest BCUT2D eigenvalue weighted by Gasteiger charge is 2.26. The molecule has 0 aliphatic carbocycles. The van der Waals surface area contributed by atoms with Crippen LogP contribution in [-0.2, 0) is 16.1 Å². The zero-order chi connectivity index (χ0) is 21.4. The number of rotatable bonds is 9. The van der Waals surface area contributed by atoms with Crippen molar-refractivity contribution in [2.45, 2.75) is 47.2 Å². The number of benzene rings is 2. The lowest BCUT2D eigenvalue weighted by atomic mass is 10.1.